The highest BCUT2D eigenvalue weighted by Gasteiger charge is 2.07. The summed E-state index contributed by atoms with van der Waals surface area (Å²) < 4.78 is 5.12. The first-order chi connectivity index (χ1) is 8.67. The molecule has 5 heteroatoms. The number of hydrogen-bond donors (Lipinski definition) is 2. The zero-order valence-electron chi connectivity index (χ0n) is 9.58. The van der Waals surface area contributed by atoms with E-state index in [0.29, 0.717) is 27.8 Å². The summed E-state index contributed by atoms with van der Waals surface area (Å²) in [6.45, 7) is 0. The zero-order valence-corrected chi connectivity index (χ0v) is 9.58. The molecule has 18 heavy (non-hydrogen) atoms. The Kier molecular flexibility index (Phi) is 2.19. The van der Waals surface area contributed by atoms with Crippen LogP contribution in [-0.4, -0.2) is 27.3 Å². The van der Waals surface area contributed by atoms with E-state index in [1.807, 2.05) is 0 Å². The summed E-state index contributed by atoms with van der Waals surface area (Å²) in [7, 11) is 1.58. The van der Waals surface area contributed by atoms with Gasteiger partial charge in [-0.05, 0) is 12.1 Å². The smallest absolute Gasteiger partial charge is 0.159 e. The fourth-order valence-electron chi connectivity index (χ4n) is 1.81. The van der Waals surface area contributed by atoms with E-state index in [1.165, 1.54) is 12.1 Å². The van der Waals surface area contributed by atoms with Crippen molar-refractivity contribution in [1.29, 1.82) is 0 Å². The standard InChI is InChI=1S/C13H10N2O3/c1-18-7-2-3-8-9(4-7)15-11-6-13(17)12(16)5-10(11)14-8/h2-6,16-17H,1H3. The third kappa shape index (κ3) is 1.57. The number of benzene rings is 2. The number of rotatable bonds is 1. The van der Waals surface area contributed by atoms with E-state index in [9.17, 15) is 10.2 Å². The highest BCUT2D eigenvalue weighted by molar-refractivity contribution is 5.88. The third-order valence-electron chi connectivity index (χ3n) is 2.74. The predicted octanol–water partition coefficient (Wildman–Crippen LogP) is 2.20. The van der Waals surface area contributed by atoms with E-state index >= 15 is 0 Å². The van der Waals surface area contributed by atoms with Gasteiger partial charge in [0.1, 0.15) is 5.75 Å². The normalized spacial score (nSPS) is 10.9. The Morgan fingerprint density at radius 1 is 0.833 bits per heavy atom. The van der Waals surface area contributed by atoms with Gasteiger partial charge in [-0.2, -0.15) is 0 Å². The second kappa shape index (κ2) is 3.73. The molecule has 0 saturated heterocycles. The van der Waals surface area contributed by atoms with Crippen molar-refractivity contribution >= 4 is 22.1 Å². The molecule has 0 bridgehead atoms. The van der Waals surface area contributed by atoms with Gasteiger partial charge in [0.25, 0.3) is 0 Å². The molecule has 1 heterocycles. The summed E-state index contributed by atoms with van der Waals surface area (Å²) in [4.78, 5) is 8.74. The van der Waals surface area contributed by atoms with E-state index in [-0.39, 0.29) is 11.5 Å². The van der Waals surface area contributed by atoms with Crippen LogP contribution in [0.4, 0.5) is 0 Å². The van der Waals surface area contributed by atoms with Gasteiger partial charge in [-0.25, -0.2) is 9.97 Å². The second-order valence-electron chi connectivity index (χ2n) is 3.91. The molecule has 0 atom stereocenters. The van der Waals surface area contributed by atoms with Gasteiger partial charge < -0.3 is 14.9 Å². The summed E-state index contributed by atoms with van der Waals surface area (Å²) in [5.74, 6) is 0.280. The van der Waals surface area contributed by atoms with Gasteiger partial charge in [-0.1, -0.05) is 0 Å². The van der Waals surface area contributed by atoms with E-state index < -0.39 is 0 Å². The average Bonchev–Trinajstić information content (AvgIpc) is 2.37. The van der Waals surface area contributed by atoms with Gasteiger partial charge in [-0.3, -0.25) is 0 Å². The number of aromatic nitrogens is 2. The summed E-state index contributed by atoms with van der Waals surface area (Å²) >= 11 is 0. The molecule has 0 amide bonds. The molecule has 3 rings (SSSR count). The van der Waals surface area contributed by atoms with Crippen LogP contribution in [0.3, 0.4) is 0 Å². The molecular formula is C13H10N2O3. The number of aromatic hydroxyl groups is 2. The minimum atomic E-state index is -0.209. The van der Waals surface area contributed by atoms with E-state index in [1.54, 1.807) is 25.3 Å². The van der Waals surface area contributed by atoms with Crippen LogP contribution in [0.5, 0.6) is 17.2 Å². The molecule has 0 radical (unpaired) electrons. The van der Waals surface area contributed by atoms with Crippen LogP contribution in [0, 0.1) is 0 Å². The molecule has 0 aliphatic heterocycles. The Hall–Kier alpha value is -2.56. The first-order valence-electron chi connectivity index (χ1n) is 5.35. The van der Waals surface area contributed by atoms with Crippen LogP contribution in [0.2, 0.25) is 0 Å². The molecule has 2 aromatic carbocycles. The maximum atomic E-state index is 9.45. The lowest BCUT2D eigenvalue weighted by atomic mass is 10.2. The Morgan fingerprint density at radius 2 is 1.39 bits per heavy atom. The fraction of sp³-hybridized carbons (Fsp3) is 0.0769. The van der Waals surface area contributed by atoms with E-state index in [4.69, 9.17) is 4.74 Å². The maximum Gasteiger partial charge on any atom is 0.159 e. The number of fused-ring (bicyclic) bond motifs is 2. The summed E-state index contributed by atoms with van der Waals surface area (Å²) in [6.07, 6.45) is 0. The minimum absolute atomic E-state index is 0.204. The van der Waals surface area contributed by atoms with Crippen molar-refractivity contribution < 1.29 is 14.9 Å². The van der Waals surface area contributed by atoms with Crippen molar-refractivity contribution in [3.63, 3.8) is 0 Å². The Labute approximate surface area is 102 Å². The third-order valence-corrected chi connectivity index (χ3v) is 2.74. The van der Waals surface area contributed by atoms with Crippen molar-refractivity contribution in [3.8, 4) is 17.2 Å². The molecule has 0 aliphatic rings. The van der Waals surface area contributed by atoms with E-state index in [0.717, 1.165) is 0 Å². The zero-order chi connectivity index (χ0) is 12.7. The molecule has 90 valence electrons. The maximum absolute atomic E-state index is 9.45. The van der Waals surface area contributed by atoms with Crippen LogP contribution in [0.15, 0.2) is 30.3 Å². The molecule has 0 aliphatic carbocycles. The molecule has 0 fully saturated rings. The topological polar surface area (TPSA) is 75.5 Å². The van der Waals surface area contributed by atoms with Crippen LogP contribution in [0.25, 0.3) is 22.1 Å². The van der Waals surface area contributed by atoms with Gasteiger partial charge in [0.05, 0.1) is 29.2 Å². The minimum Gasteiger partial charge on any atom is -0.504 e. The largest absolute Gasteiger partial charge is 0.504 e. The van der Waals surface area contributed by atoms with E-state index in [2.05, 4.69) is 9.97 Å². The SMILES string of the molecule is COc1ccc2nc3cc(O)c(O)cc3nc2c1. The van der Waals surface area contributed by atoms with Crippen molar-refractivity contribution in [2.75, 3.05) is 7.11 Å². The fourth-order valence-corrected chi connectivity index (χ4v) is 1.81. The number of ether oxygens (including phenoxy) is 1. The second-order valence-corrected chi connectivity index (χ2v) is 3.91. The van der Waals surface area contributed by atoms with Crippen molar-refractivity contribution in [1.82, 2.24) is 9.97 Å². The number of nitrogens with zero attached hydrogens (tertiary/aromatic N) is 2. The lowest BCUT2D eigenvalue weighted by Crippen LogP contribution is -1.89. The molecule has 2 N–H and O–H groups in total. The molecule has 0 spiro atoms. The number of phenolic OH excluding ortho intramolecular Hbond substituents is 2. The predicted molar refractivity (Wildman–Crippen MR) is 66.9 cm³/mol. The van der Waals surface area contributed by atoms with Crippen LogP contribution >= 0.6 is 0 Å². The van der Waals surface area contributed by atoms with Crippen molar-refractivity contribution in [3.05, 3.63) is 30.3 Å². The van der Waals surface area contributed by atoms with Gasteiger partial charge in [0.15, 0.2) is 11.5 Å². The first-order valence-corrected chi connectivity index (χ1v) is 5.35. The van der Waals surface area contributed by atoms with Crippen LogP contribution in [-0.2, 0) is 0 Å². The Balaban J connectivity index is 2.36. The van der Waals surface area contributed by atoms with Crippen molar-refractivity contribution in [2.45, 2.75) is 0 Å². The average molecular weight is 242 g/mol. The Morgan fingerprint density at radius 3 is 2.00 bits per heavy atom. The van der Waals surface area contributed by atoms with Crippen LogP contribution in [0.1, 0.15) is 0 Å². The quantitative estimate of drug-likeness (QED) is 0.505. The number of methoxy groups -OCH3 is 1. The lowest BCUT2D eigenvalue weighted by molar-refractivity contribution is 0.404. The molecule has 0 saturated carbocycles. The Bertz CT molecular complexity index is 756. The van der Waals surface area contributed by atoms with Gasteiger partial charge in [0, 0.05) is 18.2 Å². The number of hydrogen-bond acceptors (Lipinski definition) is 5. The molecule has 0 unspecified atom stereocenters. The van der Waals surface area contributed by atoms with Gasteiger partial charge in [0.2, 0.25) is 0 Å². The summed E-state index contributed by atoms with van der Waals surface area (Å²) in [6, 6.07) is 8.14. The monoisotopic (exact) mass is 242 g/mol. The molecule has 5 nitrogen and oxygen atoms in total. The number of phenols is 2. The van der Waals surface area contributed by atoms with Gasteiger partial charge >= 0.3 is 0 Å². The lowest BCUT2D eigenvalue weighted by Gasteiger charge is -2.04. The summed E-state index contributed by atoms with van der Waals surface area (Å²) in [5.41, 5.74) is 2.43. The molecule has 1 aromatic heterocycles. The molecule has 3 aromatic rings. The van der Waals surface area contributed by atoms with Crippen LogP contribution < -0.4 is 4.74 Å². The highest BCUT2D eigenvalue weighted by atomic mass is 16.5. The first kappa shape index (κ1) is 10.6. The highest BCUT2D eigenvalue weighted by Crippen LogP contribution is 2.29. The van der Waals surface area contributed by atoms with Crippen molar-refractivity contribution in [2.24, 2.45) is 0 Å². The molecular weight excluding hydrogens is 232 g/mol. The summed E-state index contributed by atoms with van der Waals surface area (Å²) in [5, 5.41) is 18.9. The van der Waals surface area contributed by atoms with Gasteiger partial charge in [-0.15, -0.1) is 0 Å².